The second kappa shape index (κ2) is 7.69. The maximum absolute atomic E-state index is 11.9. The van der Waals surface area contributed by atoms with Gasteiger partial charge in [-0.3, -0.25) is 4.79 Å². The molecular formula is C16H22N2O3. The van der Waals surface area contributed by atoms with Gasteiger partial charge in [-0.25, -0.2) is 0 Å². The molecule has 2 rings (SSSR count). The SMILES string of the molecule is COc1ccc(OC)c(/C=C/C(=O)NC2CCCNC2)c1. The summed E-state index contributed by atoms with van der Waals surface area (Å²) in [7, 11) is 3.21. The molecule has 1 heterocycles. The van der Waals surface area contributed by atoms with Crippen molar-refractivity contribution in [3.05, 3.63) is 29.8 Å². The first kappa shape index (κ1) is 15.4. The van der Waals surface area contributed by atoms with E-state index < -0.39 is 0 Å². The van der Waals surface area contributed by atoms with E-state index in [0.717, 1.165) is 37.2 Å². The van der Waals surface area contributed by atoms with Gasteiger partial charge in [0.05, 0.1) is 14.2 Å². The molecule has 1 aromatic carbocycles. The van der Waals surface area contributed by atoms with Gasteiger partial charge in [0.15, 0.2) is 0 Å². The summed E-state index contributed by atoms with van der Waals surface area (Å²) in [6.07, 6.45) is 5.40. The predicted molar refractivity (Wildman–Crippen MR) is 82.6 cm³/mol. The van der Waals surface area contributed by atoms with E-state index in [0.29, 0.717) is 5.75 Å². The highest BCUT2D eigenvalue weighted by Crippen LogP contribution is 2.24. The fourth-order valence-electron chi connectivity index (χ4n) is 2.36. The van der Waals surface area contributed by atoms with Gasteiger partial charge >= 0.3 is 0 Å². The van der Waals surface area contributed by atoms with Gasteiger partial charge in [-0.15, -0.1) is 0 Å². The zero-order valence-corrected chi connectivity index (χ0v) is 12.5. The average Bonchev–Trinajstić information content (AvgIpc) is 2.53. The zero-order valence-electron chi connectivity index (χ0n) is 12.5. The summed E-state index contributed by atoms with van der Waals surface area (Å²) in [5, 5.41) is 6.27. The van der Waals surface area contributed by atoms with Crippen LogP contribution >= 0.6 is 0 Å². The minimum absolute atomic E-state index is 0.0893. The number of carbonyl (C=O) groups is 1. The van der Waals surface area contributed by atoms with E-state index in [1.807, 2.05) is 18.2 Å². The highest BCUT2D eigenvalue weighted by Gasteiger charge is 2.13. The molecule has 1 unspecified atom stereocenters. The third-order valence-electron chi connectivity index (χ3n) is 3.49. The molecule has 5 heteroatoms. The number of carbonyl (C=O) groups excluding carboxylic acids is 1. The Hall–Kier alpha value is -2.01. The van der Waals surface area contributed by atoms with Crippen LogP contribution in [0, 0.1) is 0 Å². The Morgan fingerprint density at radius 1 is 1.38 bits per heavy atom. The van der Waals surface area contributed by atoms with Crippen molar-refractivity contribution in [3.63, 3.8) is 0 Å². The Morgan fingerprint density at radius 3 is 2.90 bits per heavy atom. The van der Waals surface area contributed by atoms with Gasteiger partial charge in [-0.1, -0.05) is 0 Å². The number of benzene rings is 1. The van der Waals surface area contributed by atoms with Gasteiger partial charge in [0.25, 0.3) is 0 Å². The molecule has 0 saturated carbocycles. The molecular weight excluding hydrogens is 268 g/mol. The molecule has 0 spiro atoms. The molecule has 0 aromatic heterocycles. The molecule has 1 fully saturated rings. The van der Waals surface area contributed by atoms with Crippen molar-refractivity contribution in [1.82, 2.24) is 10.6 Å². The van der Waals surface area contributed by atoms with Gasteiger partial charge in [-0.2, -0.15) is 0 Å². The molecule has 2 N–H and O–H groups in total. The van der Waals surface area contributed by atoms with Crippen LogP contribution in [0.4, 0.5) is 0 Å². The standard InChI is InChI=1S/C16H22N2O3/c1-20-14-6-7-15(21-2)12(10-14)5-8-16(19)18-13-4-3-9-17-11-13/h5-8,10,13,17H,3-4,9,11H2,1-2H3,(H,18,19)/b8-5+. The Morgan fingerprint density at radius 2 is 2.24 bits per heavy atom. The molecule has 114 valence electrons. The molecule has 5 nitrogen and oxygen atoms in total. The number of methoxy groups -OCH3 is 2. The lowest BCUT2D eigenvalue weighted by atomic mass is 10.1. The number of hydrogen-bond donors (Lipinski definition) is 2. The van der Waals surface area contributed by atoms with Crippen LogP contribution in [0.3, 0.4) is 0 Å². The van der Waals surface area contributed by atoms with Crippen LogP contribution in [-0.4, -0.2) is 39.3 Å². The number of piperidine rings is 1. The van der Waals surface area contributed by atoms with E-state index in [9.17, 15) is 4.79 Å². The van der Waals surface area contributed by atoms with Gasteiger partial charge in [0.2, 0.25) is 5.91 Å². The lowest BCUT2D eigenvalue weighted by Crippen LogP contribution is -2.45. The molecule has 0 bridgehead atoms. The summed E-state index contributed by atoms with van der Waals surface area (Å²) in [4.78, 5) is 11.9. The molecule has 0 radical (unpaired) electrons. The first-order chi connectivity index (χ1) is 10.2. The minimum Gasteiger partial charge on any atom is -0.497 e. The molecule has 1 aromatic rings. The van der Waals surface area contributed by atoms with Crippen molar-refractivity contribution < 1.29 is 14.3 Å². The van der Waals surface area contributed by atoms with Crippen LogP contribution in [0.25, 0.3) is 6.08 Å². The molecule has 0 aliphatic carbocycles. The van der Waals surface area contributed by atoms with E-state index in [-0.39, 0.29) is 11.9 Å². The summed E-state index contributed by atoms with van der Waals surface area (Å²) >= 11 is 0. The van der Waals surface area contributed by atoms with Crippen LogP contribution < -0.4 is 20.1 Å². The molecule has 1 atom stereocenters. The second-order valence-electron chi connectivity index (χ2n) is 4.99. The van der Waals surface area contributed by atoms with E-state index in [4.69, 9.17) is 9.47 Å². The van der Waals surface area contributed by atoms with Gasteiger partial charge in [0, 0.05) is 24.2 Å². The number of ether oxygens (including phenoxy) is 2. The van der Waals surface area contributed by atoms with Crippen LogP contribution in [-0.2, 0) is 4.79 Å². The van der Waals surface area contributed by atoms with E-state index >= 15 is 0 Å². The average molecular weight is 290 g/mol. The van der Waals surface area contributed by atoms with Crippen LogP contribution in [0.5, 0.6) is 11.5 Å². The Labute approximate surface area is 125 Å². The number of nitrogens with one attached hydrogen (secondary N) is 2. The summed E-state index contributed by atoms with van der Waals surface area (Å²) in [5.41, 5.74) is 0.814. The maximum Gasteiger partial charge on any atom is 0.244 e. The quantitative estimate of drug-likeness (QED) is 0.809. The zero-order chi connectivity index (χ0) is 15.1. The van der Waals surface area contributed by atoms with Crippen molar-refractivity contribution in [3.8, 4) is 11.5 Å². The first-order valence-corrected chi connectivity index (χ1v) is 7.14. The van der Waals surface area contributed by atoms with Crippen molar-refractivity contribution in [2.75, 3.05) is 27.3 Å². The Kier molecular flexibility index (Phi) is 5.63. The van der Waals surface area contributed by atoms with E-state index in [1.54, 1.807) is 20.3 Å². The minimum atomic E-state index is -0.0893. The smallest absolute Gasteiger partial charge is 0.244 e. The predicted octanol–water partition coefficient (Wildman–Crippen LogP) is 1.59. The summed E-state index contributed by atoms with van der Waals surface area (Å²) in [6.45, 7) is 1.87. The number of amides is 1. The van der Waals surface area contributed by atoms with Crippen LogP contribution in [0.15, 0.2) is 24.3 Å². The summed E-state index contributed by atoms with van der Waals surface area (Å²) in [6, 6.07) is 5.69. The molecule has 1 aliphatic heterocycles. The number of rotatable bonds is 5. The third kappa shape index (κ3) is 4.49. The fourth-order valence-corrected chi connectivity index (χ4v) is 2.36. The topological polar surface area (TPSA) is 59.6 Å². The lowest BCUT2D eigenvalue weighted by molar-refractivity contribution is -0.117. The van der Waals surface area contributed by atoms with Crippen LogP contribution in [0.2, 0.25) is 0 Å². The van der Waals surface area contributed by atoms with E-state index in [2.05, 4.69) is 10.6 Å². The van der Waals surface area contributed by atoms with Crippen molar-refractivity contribution >= 4 is 12.0 Å². The van der Waals surface area contributed by atoms with Crippen molar-refractivity contribution in [2.45, 2.75) is 18.9 Å². The second-order valence-corrected chi connectivity index (χ2v) is 4.99. The van der Waals surface area contributed by atoms with E-state index in [1.165, 1.54) is 6.08 Å². The molecule has 1 amide bonds. The molecule has 21 heavy (non-hydrogen) atoms. The van der Waals surface area contributed by atoms with Crippen molar-refractivity contribution in [1.29, 1.82) is 0 Å². The van der Waals surface area contributed by atoms with Gasteiger partial charge in [-0.05, 0) is 43.7 Å². The molecule has 1 aliphatic rings. The van der Waals surface area contributed by atoms with Crippen molar-refractivity contribution in [2.24, 2.45) is 0 Å². The van der Waals surface area contributed by atoms with Gasteiger partial charge < -0.3 is 20.1 Å². The fraction of sp³-hybridized carbons (Fsp3) is 0.438. The highest BCUT2D eigenvalue weighted by molar-refractivity contribution is 5.92. The van der Waals surface area contributed by atoms with Gasteiger partial charge in [0.1, 0.15) is 11.5 Å². The Bertz CT molecular complexity index is 508. The summed E-state index contributed by atoms with van der Waals surface area (Å²) in [5.74, 6) is 1.35. The van der Waals surface area contributed by atoms with Crippen LogP contribution in [0.1, 0.15) is 18.4 Å². The maximum atomic E-state index is 11.9. The number of hydrogen-bond acceptors (Lipinski definition) is 4. The summed E-state index contributed by atoms with van der Waals surface area (Å²) < 4.78 is 10.5. The Balaban J connectivity index is 2.00. The first-order valence-electron chi connectivity index (χ1n) is 7.14. The normalized spacial score (nSPS) is 18.5. The largest absolute Gasteiger partial charge is 0.497 e. The highest BCUT2D eigenvalue weighted by atomic mass is 16.5. The third-order valence-corrected chi connectivity index (χ3v) is 3.49. The lowest BCUT2D eigenvalue weighted by Gasteiger charge is -2.23. The molecule has 1 saturated heterocycles. The monoisotopic (exact) mass is 290 g/mol.